The van der Waals surface area contributed by atoms with E-state index in [4.69, 9.17) is 5.73 Å². The zero-order valence-corrected chi connectivity index (χ0v) is 17.6. The van der Waals surface area contributed by atoms with Crippen molar-refractivity contribution >= 4 is 35.2 Å². The van der Waals surface area contributed by atoms with E-state index in [0.717, 1.165) is 6.42 Å². The predicted molar refractivity (Wildman–Crippen MR) is 117 cm³/mol. The quantitative estimate of drug-likeness (QED) is 0.516. The monoisotopic (exact) mass is 436 g/mol. The van der Waals surface area contributed by atoms with Crippen molar-refractivity contribution in [2.24, 2.45) is 5.73 Å². The molecule has 0 bridgehead atoms. The van der Waals surface area contributed by atoms with Crippen LogP contribution < -0.4 is 16.4 Å². The van der Waals surface area contributed by atoms with Crippen LogP contribution in [-0.2, 0) is 4.79 Å². The fraction of sp³-hybridized carbons (Fsp3) is 0.261. The lowest BCUT2D eigenvalue weighted by Crippen LogP contribution is -2.30. The van der Waals surface area contributed by atoms with Crippen LogP contribution in [0.1, 0.15) is 67.6 Å². The molecule has 0 saturated heterocycles. The summed E-state index contributed by atoms with van der Waals surface area (Å²) in [6.45, 7) is 2.38. The van der Waals surface area contributed by atoms with Crippen LogP contribution >= 0.6 is 0 Å². The summed E-state index contributed by atoms with van der Waals surface area (Å²) in [4.78, 5) is 62.4. The number of hydrogen-bond donors (Lipinski definition) is 3. The number of imide groups is 1. The fourth-order valence-corrected chi connectivity index (χ4v) is 3.33. The summed E-state index contributed by atoms with van der Waals surface area (Å²) in [5, 5.41) is 5.24. The molecule has 0 fully saturated rings. The molecule has 0 aliphatic carbocycles. The molecule has 166 valence electrons. The first-order chi connectivity index (χ1) is 15.3. The van der Waals surface area contributed by atoms with E-state index in [2.05, 4.69) is 10.6 Å². The van der Waals surface area contributed by atoms with Crippen LogP contribution in [0.4, 0.5) is 5.69 Å². The molecular formula is C23H24N4O5. The molecule has 0 unspecified atom stereocenters. The van der Waals surface area contributed by atoms with Crippen LogP contribution in [0.15, 0.2) is 42.5 Å². The lowest BCUT2D eigenvalue weighted by Gasteiger charge is -2.12. The Morgan fingerprint density at radius 3 is 2.41 bits per heavy atom. The molecule has 0 spiro atoms. The molecule has 0 radical (unpaired) electrons. The topological polar surface area (TPSA) is 139 Å². The minimum atomic E-state index is -0.537. The van der Waals surface area contributed by atoms with E-state index in [-0.39, 0.29) is 46.8 Å². The Kier molecular flexibility index (Phi) is 6.99. The minimum Gasteiger partial charge on any atom is -0.370 e. The Morgan fingerprint density at radius 1 is 0.969 bits per heavy atom. The molecule has 2 aromatic carbocycles. The van der Waals surface area contributed by atoms with Crippen molar-refractivity contribution in [2.45, 2.75) is 26.2 Å². The number of carbonyl (C=O) groups is 5. The molecule has 9 heteroatoms. The molecule has 0 aromatic heterocycles. The van der Waals surface area contributed by atoms with E-state index in [0.29, 0.717) is 13.0 Å². The average molecular weight is 436 g/mol. The summed E-state index contributed by atoms with van der Waals surface area (Å²) in [6, 6.07) is 10.7. The second kappa shape index (κ2) is 9.86. The first-order valence-electron chi connectivity index (χ1n) is 10.3. The number of primary amides is 1. The average Bonchev–Trinajstić information content (AvgIpc) is 3.01. The van der Waals surface area contributed by atoms with Gasteiger partial charge in [-0.1, -0.05) is 25.5 Å². The predicted octanol–water partition coefficient (Wildman–Crippen LogP) is 1.94. The van der Waals surface area contributed by atoms with E-state index in [1.165, 1.54) is 29.2 Å². The van der Waals surface area contributed by atoms with E-state index in [9.17, 15) is 24.0 Å². The molecule has 5 amide bonds. The highest BCUT2D eigenvalue weighted by Crippen LogP contribution is 2.25. The molecule has 4 N–H and O–H groups in total. The minimum absolute atomic E-state index is 0.00257. The molecule has 32 heavy (non-hydrogen) atoms. The van der Waals surface area contributed by atoms with Gasteiger partial charge in [-0.05, 0) is 36.8 Å². The van der Waals surface area contributed by atoms with Crippen molar-refractivity contribution in [2.75, 3.05) is 18.4 Å². The first-order valence-corrected chi connectivity index (χ1v) is 10.3. The van der Waals surface area contributed by atoms with Gasteiger partial charge in [0.2, 0.25) is 5.91 Å². The third kappa shape index (κ3) is 4.83. The SMILES string of the molecule is CCCCN1C(=O)c2ccc(C(=O)Nc3ccccc3C(=O)NCCC(N)=O)cc2C1=O. The van der Waals surface area contributed by atoms with Gasteiger partial charge in [0.1, 0.15) is 0 Å². The molecule has 1 heterocycles. The van der Waals surface area contributed by atoms with Crippen LogP contribution in [0.5, 0.6) is 0 Å². The van der Waals surface area contributed by atoms with Gasteiger partial charge in [0.05, 0.1) is 22.4 Å². The van der Waals surface area contributed by atoms with Crippen LogP contribution in [0.3, 0.4) is 0 Å². The van der Waals surface area contributed by atoms with Gasteiger partial charge in [-0.25, -0.2) is 0 Å². The maximum absolute atomic E-state index is 12.8. The van der Waals surface area contributed by atoms with Gasteiger partial charge >= 0.3 is 0 Å². The van der Waals surface area contributed by atoms with Gasteiger partial charge in [0, 0.05) is 25.1 Å². The number of hydrogen-bond acceptors (Lipinski definition) is 5. The molecule has 1 aliphatic heterocycles. The van der Waals surface area contributed by atoms with E-state index < -0.39 is 23.6 Å². The summed E-state index contributed by atoms with van der Waals surface area (Å²) in [5.74, 6) is -2.31. The molecule has 3 rings (SSSR count). The lowest BCUT2D eigenvalue weighted by molar-refractivity contribution is -0.117. The van der Waals surface area contributed by atoms with Crippen molar-refractivity contribution in [3.05, 3.63) is 64.7 Å². The number of carbonyl (C=O) groups excluding carboxylic acids is 5. The summed E-state index contributed by atoms with van der Waals surface area (Å²) in [7, 11) is 0. The highest BCUT2D eigenvalue weighted by molar-refractivity contribution is 6.22. The number of nitrogens with two attached hydrogens (primary N) is 1. The van der Waals surface area contributed by atoms with Crippen LogP contribution in [0, 0.1) is 0 Å². The van der Waals surface area contributed by atoms with E-state index in [1.807, 2.05) is 6.92 Å². The van der Waals surface area contributed by atoms with Crippen LogP contribution in [0.2, 0.25) is 0 Å². The van der Waals surface area contributed by atoms with E-state index in [1.54, 1.807) is 18.2 Å². The van der Waals surface area contributed by atoms with Crippen LogP contribution in [-0.4, -0.2) is 47.5 Å². The maximum Gasteiger partial charge on any atom is 0.261 e. The van der Waals surface area contributed by atoms with E-state index >= 15 is 0 Å². The zero-order chi connectivity index (χ0) is 23.3. The third-order valence-corrected chi connectivity index (χ3v) is 5.04. The Balaban J connectivity index is 1.77. The first kappa shape index (κ1) is 22.7. The molecule has 1 aliphatic rings. The maximum atomic E-state index is 12.8. The molecule has 9 nitrogen and oxygen atoms in total. The number of nitrogens with one attached hydrogen (secondary N) is 2. The second-order valence-electron chi connectivity index (χ2n) is 7.35. The van der Waals surface area contributed by atoms with Crippen molar-refractivity contribution in [3.63, 3.8) is 0 Å². The Morgan fingerprint density at radius 2 is 1.69 bits per heavy atom. The number of benzene rings is 2. The number of rotatable bonds is 9. The van der Waals surface area contributed by atoms with Crippen molar-refractivity contribution in [1.82, 2.24) is 10.2 Å². The smallest absolute Gasteiger partial charge is 0.261 e. The highest BCUT2D eigenvalue weighted by Gasteiger charge is 2.35. The zero-order valence-electron chi connectivity index (χ0n) is 17.6. The second-order valence-corrected chi connectivity index (χ2v) is 7.35. The van der Waals surface area contributed by atoms with Gasteiger partial charge in [-0.2, -0.15) is 0 Å². The third-order valence-electron chi connectivity index (χ3n) is 5.04. The van der Waals surface area contributed by atoms with Crippen molar-refractivity contribution in [3.8, 4) is 0 Å². The molecule has 0 atom stereocenters. The standard InChI is InChI=1S/C23H24N4O5/c1-2-3-12-27-22(31)15-9-8-14(13-17(15)23(27)32)20(29)26-18-7-5-4-6-16(18)21(30)25-11-10-19(24)28/h4-9,13H,2-3,10-12H2,1H3,(H2,24,28)(H,25,30)(H,26,29). The number of fused-ring (bicyclic) bond motifs is 1. The van der Waals surface area contributed by atoms with Crippen molar-refractivity contribution < 1.29 is 24.0 Å². The highest BCUT2D eigenvalue weighted by atomic mass is 16.2. The number of para-hydroxylation sites is 1. The molecule has 0 saturated carbocycles. The summed E-state index contributed by atoms with van der Waals surface area (Å²) in [6.07, 6.45) is 1.55. The van der Waals surface area contributed by atoms with Gasteiger partial charge in [-0.3, -0.25) is 28.9 Å². The number of anilines is 1. The van der Waals surface area contributed by atoms with Gasteiger partial charge < -0.3 is 16.4 Å². The van der Waals surface area contributed by atoms with Crippen LogP contribution in [0.25, 0.3) is 0 Å². The largest absolute Gasteiger partial charge is 0.370 e. The fourth-order valence-electron chi connectivity index (χ4n) is 3.33. The number of amides is 5. The van der Waals surface area contributed by atoms with Crippen molar-refractivity contribution in [1.29, 1.82) is 0 Å². The number of nitrogens with zero attached hydrogens (tertiary/aromatic N) is 1. The molecule has 2 aromatic rings. The van der Waals surface area contributed by atoms with Gasteiger partial charge in [-0.15, -0.1) is 0 Å². The number of unbranched alkanes of at least 4 members (excludes halogenated alkanes) is 1. The Bertz CT molecular complexity index is 1100. The summed E-state index contributed by atoms with van der Waals surface area (Å²) in [5.41, 5.74) is 6.20. The molecular weight excluding hydrogens is 412 g/mol. The lowest BCUT2D eigenvalue weighted by atomic mass is 10.0. The van der Waals surface area contributed by atoms with Gasteiger partial charge in [0.15, 0.2) is 0 Å². The summed E-state index contributed by atoms with van der Waals surface area (Å²) >= 11 is 0. The summed E-state index contributed by atoms with van der Waals surface area (Å²) < 4.78 is 0. The Hall–Kier alpha value is -4.01. The Labute approximate surface area is 185 Å². The van der Waals surface area contributed by atoms with Gasteiger partial charge in [0.25, 0.3) is 23.6 Å². The normalized spacial score (nSPS) is 12.5.